The summed E-state index contributed by atoms with van der Waals surface area (Å²) in [6.07, 6.45) is 0. The first-order valence-corrected chi connectivity index (χ1v) is 5.53. The maximum Gasteiger partial charge on any atom is 0.254 e. The van der Waals surface area contributed by atoms with Crippen molar-refractivity contribution >= 4 is 21.8 Å². The van der Waals surface area contributed by atoms with Gasteiger partial charge in [0.25, 0.3) is 5.91 Å². The van der Waals surface area contributed by atoms with Gasteiger partial charge in [-0.25, -0.2) is 0 Å². The van der Waals surface area contributed by atoms with Crippen molar-refractivity contribution in [1.82, 2.24) is 5.32 Å². The van der Waals surface area contributed by atoms with E-state index in [9.17, 15) is 4.79 Å². The van der Waals surface area contributed by atoms with Gasteiger partial charge in [0.15, 0.2) is 0 Å². The van der Waals surface area contributed by atoms with Crippen LogP contribution in [0.25, 0.3) is 0 Å². The van der Waals surface area contributed by atoms with E-state index >= 15 is 0 Å². The van der Waals surface area contributed by atoms with Crippen LogP contribution in [0.15, 0.2) is 22.7 Å². The smallest absolute Gasteiger partial charge is 0.254 e. The van der Waals surface area contributed by atoms with Crippen LogP contribution in [0.5, 0.6) is 0 Å². The minimum atomic E-state index is -0.174. The van der Waals surface area contributed by atoms with Crippen molar-refractivity contribution < 1.29 is 14.3 Å². The van der Waals surface area contributed by atoms with Gasteiger partial charge >= 0.3 is 0 Å². The number of amides is 1. The maximum absolute atomic E-state index is 11.7. The van der Waals surface area contributed by atoms with E-state index < -0.39 is 0 Å². The number of ether oxygens (including phenoxy) is 2. The molecule has 16 heavy (non-hydrogen) atoms. The lowest BCUT2D eigenvalue weighted by molar-refractivity contribution is 0.0871. The molecule has 5 heteroatoms. The Morgan fingerprint density at radius 1 is 1.38 bits per heavy atom. The number of nitrogens with one attached hydrogen (secondary N) is 1. The van der Waals surface area contributed by atoms with Crippen molar-refractivity contribution in [3.63, 3.8) is 0 Å². The highest BCUT2D eigenvalue weighted by Gasteiger charge is 2.10. The summed E-state index contributed by atoms with van der Waals surface area (Å²) in [4.78, 5) is 11.7. The van der Waals surface area contributed by atoms with Gasteiger partial charge in [-0.15, -0.1) is 0 Å². The Kier molecular flexibility index (Phi) is 5.45. The predicted octanol–water partition coefficient (Wildman–Crippen LogP) is 1.93. The Labute approximate surface area is 103 Å². The monoisotopic (exact) mass is 287 g/mol. The third kappa shape index (κ3) is 3.59. The Bertz CT molecular complexity index is 368. The van der Waals surface area contributed by atoms with Crippen LogP contribution in [0.1, 0.15) is 15.9 Å². The molecule has 0 aliphatic carbocycles. The minimum absolute atomic E-state index is 0.174. The third-order valence-electron chi connectivity index (χ3n) is 1.96. The number of benzene rings is 1. The molecule has 1 amide bonds. The Balaban J connectivity index is 2.84. The minimum Gasteiger partial charge on any atom is -0.380 e. The van der Waals surface area contributed by atoms with E-state index in [2.05, 4.69) is 21.2 Å². The fraction of sp³-hybridized carbons (Fsp3) is 0.364. The molecule has 1 aromatic carbocycles. The van der Waals surface area contributed by atoms with Gasteiger partial charge in [-0.1, -0.05) is 6.07 Å². The Hall–Kier alpha value is -0.910. The first kappa shape index (κ1) is 13.2. The molecule has 0 aliphatic heterocycles. The first-order valence-electron chi connectivity index (χ1n) is 4.73. The van der Waals surface area contributed by atoms with Gasteiger partial charge in [-0.05, 0) is 33.6 Å². The number of carbonyl (C=O) groups excluding carboxylic acids is 1. The molecule has 0 spiro atoms. The van der Waals surface area contributed by atoms with Crippen LogP contribution < -0.4 is 5.32 Å². The molecule has 0 aliphatic rings. The van der Waals surface area contributed by atoms with Gasteiger partial charge < -0.3 is 14.8 Å². The summed E-state index contributed by atoms with van der Waals surface area (Å²) < 4.78 is 10.5. The Morgan fingerprint density at radius 3 is 2.75 bits per heavy atom. The summed E-state index contributed by atoms with van der Waals surface area (Å²) in [5.41, 5.74) is 1.53. The molecule has 0 heterocycles. The van der Waals surface area contributed by atoms with E-state index in [0.29, 0.717) is 12.2 Å². The zero-order valence-electron chi connectivity index (χ0n) is 9.25. The Morgan fingerprint density at radius 2 is 2.12 bits per heavy atom. The van der Waals surface area contributed by atoms with Crippen molar-refractivity contribution in [2.24, 2.45) is 0 Å². The average Bonchev–Trinajstić information content (AvgIpc) is 2.29. The molecule has 0 unspecified atom stereocenters. The lowest BCUT2D eigenvalue weighted by atomic mass is 10.1. The van der Waals surface area contributed by atoms with E-state index in [1.165, 1.54) is 7.11 Å². The van der Waals surface area contributed by atoms with Crippen molar-refractivity contribution in [2.75, 3.05) is 21.0 Å². The van der Waals surface area contributed by atoms with Gasteiger partial charge in [0.05, 0.1) is 12.2 Å². The maximum atomic E-state index is 11.7. The van der Waals surface area contributed by atoms with Gasteiger partial charge in [0.1, 0.15) is 6.73 Å². The molecule has 1 rings (SSSR count). The molecular formula is C11H14BrNO3. The number of rotatable bonds is 5. The van der Waals surface area contributed by atoms with Gasteiger partial charge in [0.2, 0.25) is 0 Å². The molecule has 88 valence electrons. The van der Waals surface area contributed by atoms with E-state index in [4.69, 9.17) is 9.47 Å². The zero-order valence-corrected chi connectivity index (χ0v) is 10.8. The summed E-state index contributed by atoms with van der Waals surface area (Å²) in [7, 11) is 3.14. The number of methoxy groups -OCH3 is 2. The normalized spacial score (nSPS) is 10.2. The van der Waals surface area contributed by atoms with Crippen molar-refractivity contribution in [2.45, 2.75) is 6.61 Å². The molecule has 0 fully saturated rings. The second kappa shape index (κ2) is 6.62. The molecule has 1 N–H and O–H groups in total. The average molecular weight is 288 g/mol. The van der Waals surface area contributed by atoms with E-state index in [0.717, 1.165) is 10.0 Å². The number of hydrogen-bond donors (Lipinski definition) is 1. The SMILES string of the molecule is COCNC(=O)c1cc(COC)ccc1Br. The van der Waals surface area contributed by atoms with Crippen LogP contribution in [0.3, 0.4) is 0 Å². The van der Waals surface area contributed by atoms with Crippen molar-refractivity contribution in [3.05, 3.63) is 33.8 Å². The molecular weight excluding hydrogens is 274 g/mol. The molecule has 4 nitrogen and oxygen atoms in total. The second-order valence-electron chi connectivity index (χ2n) is 3.19. The largest absolute Gasteiger partial charge is 0.380 e. The van der Waals surface area contributed by atoms with Crippen LogP contribution in [-0.2, 0) is 16.1 Å². The molecule has 0 aromatic heterocycles. The topological polar surface area (TPSA) is 47.6 Å². The summed E-state index contributed by atoms with van der Waals surface area (Å²) in [5, 5.41) is 2.63. The molecule has 0 radical (unpaired) electrons. The van der Waals surface area contributed by atoms with E-state index in [1.54, 1.807) is 13.2 Å². The summed E-state index contributed by atoms with van der Waals surface area (Å²) in [6.45, 7) is 0.678. The highest BCUT2D eigenvalue weighted by molar-refractivity contribution is 9.10. The third-order valence-corrected chi connectivity index (χ3v) is 2.65. The fourth-order valence-corrected chi connectivity index (χ4v) is 1.66. The van der Waals surface area contributed by atoms with Crippen LogP contribution in [0, 0.1) is 0 Å². The summed E-state index contributed by atoms with van der Waals surface area (Å²) in [6, 6.07) is 5.52. The molecule has 0 saturated carbocycles. The second-order valence-corrected chi connectivity index (χ2v) is 4.04. The van der Waals surface area contributed by atoms with Crippen LogP contribution in [0.2, 0.25) is 0 Å². The molecule has 0 bridgehead atoms. The highest BCUT2D eigenvalue weighted by Crippen LogP contribution is 2.18. The lowest BCUT2D eigenvalue weighted by Crippen LogP contribution is -2.25. The van der Waals surface area contributed by atoms with E-state index in [1.807, 2.05) is 12.1 Å². The van der Waals surface area contributed by atoms with Crippen LogP contribution >= 0.6 is 15.9 Å². The first-order chi connectivity index (χ1) is 7.69. The van der Waals surface area contributed by atoms with Crippen molar-refractivity contribution in [3.8, 4) is 0 Å². The van der Waals surface area contributed by atoms with Crippen LogP contribution in [-0.4, -0.2) is 26.9 Å². The summed E-state index contributed by atoms with van der Waals surface area (Å²) in [5.74, 6) is -0.174. The number of carbonyl (C=O) groups is 1. The standard InChI is InChI=1S/C11H14BrNO3/c1-15-6-8-3-4-10(12)9(5-8)11(14)13-7-16-2/h3-5H,6-7H2,1-2H3,(H,13,14). The van der Waals surface area contributed by atoms with E-state index in [-0.39, 0.29) is 12.6 Å². The molecule has 0 atom stereocenters. The number of halogens is 1. The fourth-order valence-electron chi connectivity index (χ4n) is 1.24. The zero-order chi connectivity index (χ0) is 12.0. The lowest BCUT2D eigenvalue weighted by Gasteiger charge is -2.08. The van der Waals surface area contributed by atoms with Crippen molar-refractivity contribution in [1.29, 1.82) is 0 Å². The molecule has 1 aromatic rings. The van der Waals surface area contributed by atoms with Crippen LogP contribution in [0.4, 0.5) is 0 Å². The highest BCUT2D eigenvalue weighted by atomic mass is 79.9. The van der Waals surface area contributed by atoms with Gasteiger partial charge in [-0.2, -0.15) is 0 Å². The molecule has 0 saturated heterocycles. The predicted molar refractivity (Wildman–Crippen MR) is 64.2 cm³/mol. The quantitative estimate of drug-likeness (QED) is 0.842. The summed E-state index contributed by atoms with van der Waals surface area (Å²) >= 11 is 3.33. The van der Waals surface area contributed by atoms with Gasteiger partial charge in [-0.3, -0.25) is 4.79 Å². The number of hydrogen-bond acceptors (Lipinski definition) is 3. The van der Waals surface area contributed by atoms with Gasteiger partial charge in [0, 0.05) is 18.7 Å².